The van der Waals surface area contributed by atoms with Crippen LogP contribution in [0, 0.1) is 6.92 Å². The van der Waals surface area contributed by atoms with Crippen LogP contribution in [0.25, 0.3) is 16.9 Å². The quantitative estimate of drug-likeness (QED) is 0.661. The molecule has 5 heteroatoms. The molecule has 0 aliphatic heterocycles. The van der Waals surface area contributed by atoms with Gasteiger partial charge in [-0.3, -0.25) is 9.55 Å². The molecular formula is C12H9ClN4. The van der Waals surface area contributed by atoms with Crippen LogP contribution >= 0.6 is 11.6 Å². The third kappa shape index (κ3) is 1.66. The molecule has 0 aromatic carbocycles. The van der Waals surface area contributed by atoms with Crippen molar-refractivity contribution in [2.45, 2.75) is 6.92 Å². The number of nitrogens with zero attached hydrogens (tertiary/aromatic N) is 4. The fourth-order valence-corrected chi connectivity index (χ4v) is 1.95. The Labute approximate surface area is 103 Å². The zero-order valence-corrected chi connectivity index (χ0v) is 9.89. The predicted octanol–water partition coefficient (Wildman–Crippen LogP) is 2.78. The van der Waals surface area contributed by atoms with Crippen molar-refractivity contribution in [3.8, 4) is 5.82 Å². The average Bonchev–Trinajstić information content (AvgIpc) is 2.66. The molecule has 3 rings (SSSR count). The lowest BCUT2D eigenvalue weighted by molar-refractivity contribution is 0.957. The second-order valence-electron chi connectivity index (χ2n) is 3.69. The standard InChI is InChI=1S/C12H9ClN4/c1-8-16-10-7-14-5-4-11(10)17(8)12-3-2-9(13)6-15-12/h2-7H,1H3. The van der Waals surface area contributed by atoms with Crippen LogP contribution in [0.5, 0.6) is 0 Å². The van der Waals surface area contributed by atoms with Gasteiger partial charge in [0.1, 0.15) is 17.2 Å². The maximum atomic E-state index is 5.83. The van der Waals surface area contributed by atoms with Gasteiger partial charge in [-0.1, -0.05) is 11.6 Å². The summed E-state index contributed by atoms with van der Waals surface area (Å²) in [6.07, 6.45) is 5.12. The van der Waals surface area contributed by atoms with Gasteiger partial charge >= 0.3 is 0 Å². The Morgan fingerprint density at radius 2 is 2.06 bits per heavy atom. The summed E-state index contributed by atoms with van der Waals surface area (Å²) in [4.78, 5) is 12.8. The number of halogens is 1. The topological polar surface area (TPSA) is 43.6 Å². The lowest BCUT2D eigenvalue weighted by atomic mass is 10.4. The third-order valence-corrected chi connectivity index (χ3v) is 2.79. The number of pyridine rings is 2. The number of hydrogen-bond acceptors (Lipinski definition) is 3. The number of aryl methyl sites for hydroxylation is 1. The van der Waals surface area contributed by atoms with Crippen molar-refractivity contribution in [2.75, 3.05) is 0 Å². The Morgan fingerprint density at radius 3 is 2.82 bits per heavy atom. The number of fused-ring (bicyclic) bond motifs is 1. The summed E-state index contributed by atoms with van der Waals surface area (Å²) < 4.78 is 1.98. The van der Waals surface area contributed by atoms with E-state index in [4.69, 9.17) is 11.6 Å². The molecule has 0 spiro atoms. The summed E-state index contributed by atoms with van der Waals surface area (Å²) in [5.41, 5.74) is 1.86. The van der Waals surface area contributed by atoms with E-state index in [0.29, 0.717) is 5.02 Å². The highest BCUT2D eigenvalue weighted by atomic mass is 35.5. The average molecular weight is 245 g/mol. The first kappa shape index (κ1) is 10.2. The zero-order valence-electron chi connectivity index (χ0n) is 9.13. The van der Waals surface area contributed by atoms with E-state index in [1.54, 1.807) is 18.6 Å². The molecular weight excluding hydrogens is 236 g/mol. The second kappa shape index (κ2) is 3.82. The number of aromatic nitrogens is 4. The van der Waals surface area contributed by atoms with Gasteiger partial charge in [-0.15, -0.1) is 0 Å². The maximum absolute atomic E-state index is 5.83. The maximum Gasteiger partial charge on any atom is 0.138 e. The van der Waals surface area contributed by atoms with Gasteiger partial charge in [0.25, 0.3) is 0 Å². The lowest BCUT2D eigenvalue weighted by Gasteiger charge is -2.05. The van der Waals surface area contributed by atoms with Gasteiger partial charge in [-0.05, 0) is 25.1 Å². The van der Waals surface area contributed by atoms with E-state index in [9.17, 15) is 0 Å². The van der Waals surface area contributed by atoms with Crippen molar-refractivity contribution in [1.82, 2.24) is 19.5 Å². The van der Waals surface area contributed by atoms with Gasteiger partial charge in [0.2, 0.25) is 0 Å². The van der Waals surface area contributed by atoms with Crippen molar-refractivity contribution < 1.29 is 0 Å². The van der Waals surface area contributed by atoms with E-state index >= 15 is 0 Å². The Kier molecular flexibility index (Phi) is 2.30. The molecule has 3 aromatic heterocycles. The molecule has 4 nitrogen and oxygen atoms in total. The minimum Gasteiger partial charge on any atom is -0.280 e. The summed E-state index contributed by atoms with van der Waals surface area (Å²) in [5.74, 6) is 1.68. The van der Waals surface area contributed by atoms with Gasteiger partial charge in [0, 0.05) is 12.4 Å². The molecule has 0 saturated heterocycles. The lowest BCUT2D eigenvalue weighted by Crippen LogP contribution is -1.99. The van der Waals surface area contributed by atoms with Crippen LogP contribution in [0.1, 0.15) is 5.82 Å². The summed E-state index contributed by atoms with van der Waals surface area (Å²) in [6.45, 7) is 1.94. The van der Waals surface area contributed by atoms with Gasteiger partial charge in [-0.25, -0.2) is 9.97 Å². The minimum absolute atomic E-state index is 0.623. The highest BCUT2D eigenvalue weighted by Crippen LogP contribution is 2.19. The fraction of sp³-hybridized carbons (Fsp3) is 0.0833. The van der Waals surface area contributed by atoms with Crippen LogP contribution in [0.4, 0.5) is 0 Å². The van der Waals surface area contributed by atoms with Crippen molar-refractivity contribution in [1.29, 1.82) is 0 Å². The van der Waals surface area contributed by atoms with Gasteiger partial charge in [0.15, 0.2) is 0 Å². The molecule has 0 aliphatic carbocycles. The smallest absolute Gasteiger partial charge is 0.138 e. The van der Waals surface area contributed by atoms with Crippen LogP contribution in [0.2, 0.25) is 5.02 Å². The van der Waals surface area contributed by atoms with Crippen molar-refractivity contribution in [2.24, 2.45) is 0 Å². The van der Waals surface area contributed by atoms with Gasteiger partial charge < -0.3 is 0 Å². The van der Waals surface area contributed by atoms with Crippen LogP contribution in [-0.4, -0.2) is 19.5 Å². The molecule has 84 valence electrons. The fourth-order valence-electron chi connectivity index (χ4n) is 1.84. The molecule has 0 amide bonds. The first-order valence-corrected chi connectivity index (χ1v) is 5.54. The van der Waals surface area contributed by atoms with Crippen molar-refractivity contribution in [3.05, 3.63) is 47.6 Å². The Morgan fingerprint density at radius 1 is 1.18 bits per heavy atom. The second-order valence-corrected chi connectivity index (χ2v) is 4.13. The molecule has 0 saturated carbocycles. The summed E-state index contributed by atoms with van der Waals surface area (Å²) >= 11 is 5.83. The summed E-state index contributed by atoms with van der Waals surface area (Å²) in [5, 5.41) is 0.623. The molecule has 17 heavy (non-hydrogen) atoms. The molecule has 0 N–H and O–H groups in total. The van der Waals surface area contributed by atoms with E-state index in [0.717, 1.165) is 22.7 Å². The largest absolute Gasteiger partial charge is 0.280 e. The van der Waals surface area contributed by atoms with E-state index < -0.39 is 0 Å². The molecule has 0 fully saturated rings. The molecule has 0 bridgehead atoms. The van der Waals surface area contributed by atoms with E-state index in [2.05, 4.69) is 15.0 Å². The monoisotopic (exact) mass is 244 g/mol. The summed E-state index contributed by atoms with van der Waals surface area (Å²) in [7, 11) is 0. The normalized spacial score (nSPS) is 10.9. The highest BCUT2D eigenvalue weighted by Gasteiger charge is 2.09. The van der Waals surface area contributed by atoms with Crippen LogP contribution in [-0.2, 0) is 0 Å². The van der Waals surface area contributed by atoms with Crippen LogP contribution in [0.3, 0.4) is 0 Å². The SMILES string of the molecule is Cc1nc2cnccc2n1-c1ccc(Cl)cn1. The first-order chi connectivity index (χ1) is 8.25. The van der Waals surface area contributed by atoms with Crippen LogP contribution in [0.15, 0.2) is 36.8 Å². The van der Waals surface area contributed by atoms with E-state index in [1.807, 2.05) is 29.7 Å². The Bertz CT molecular complexity index is 673. The number of imidazole rings is 1. The molecule has 0 unspecified atom stereocenters. The predicted molar refractivity (Wildman–Crippen MR) is 66.4 cm³/mol. The van der Waals surface area contributed by atoms with Crippen molar-refractivity contribution >= 4 is 22.6 Å². The Balaban J connectivity index is 2.29. The zero-order chi connectivity index (χ0) is 11.8. The molecule has 0 atom stereocenters. The molecule has 0 radical (unpaired) electrons. The first-order valence-electron chi connectivity index (χ1n) is 5.17. The molecule has 3 heterocycles. The van der Waals surface area contributed by atoms with E-state index in [-0.39, 0.29) is 0 Å². The minimum atomic E-state index is 0.623. The number of rotatable bonds is 1. The number of hydrogen-bond donors (Lipinski definition) is 0. The Hall–Kier alpha value is -1.94. The van der Waals surface area contributed by atoms with E-state index in [1.165, 1.54) is 0 Å². The van der Waals surface area contributed by atoms with Crippen molar-refractivity contribution in [3.63, 3.8) is 0 Å². The highest BCUT2D eigenvalue weighted by molar-refractivity contribution is 6.30. The molecule has 0 aliphatic rings. The third-order valence-electron chi connectivity index (χ3n) is 2.57. The van der Waals surface area contributed by atoms with Gasteiger partial charge in [-0.2, -0.15) is 0 Å². The summed E-state index contributed by atoms with van der Waals surface area (Å²) in [6, 6.07) is 5.61. The molecule has 3 aromatic rings. The van der Waals surface area contributed by atoms with Gasteiger partial charge in [0.05, 0.1) is 16.7 Å². The van der Waals surface area contributed by atoms with Crippen LogP contribution < -0.4 is 0 Å².